The second-order valence-electron chi connectivity index (χ2n) is 11.2. The molecule has 1 aliphatic rings. The lowest BCUT2D eigenvalue weighted by Gasteiger charge is -2.26. The summed E-state index contributed by atoms with van der Waals surface area (Å²) in [5.41, 5.74) is 8.46. The van der Waals surface area contributed by atoms with Gasteiger partial charge in [-0.25, -0.2) is 9.78 Å². The van der Waals surface area contributed by atoms with Crippen LogP contribution in [-0.4, -0.2) is 56.0 Å². The van der Waals surface area contributed by atoms with E-state index >= 15 is 0 Å². The monoisotopic (exact) mass is 619 g/mol. The molecule has 0 spiro atoms. The second kappa shape index (κ2) is 11.9. The number of nitrogens with two attached hydrogens (primary N) is 1. The Morgan fingerprint density at radius 1 is 0.935 bits per heavy atom. The molecule has 0 aliphatic carbocycles. The topological polar surface area (TPSA) is 189 Å². The molecular weight excluding hydrogens is 590 g/mol. The molecule has 2 aromatic heterocycles. The van der Waals surface area contributed by atoms with Crippen LogP contribution >= 0.6 is 0 Å². The van der Waals surface area contributed by atoms with Gasteiger partial charge in [0.15, 0.2) is 11.5 Å². The van der Waals surface area contributed by atoms with Crippen molar-refractivity contribution in [3.63, 3.8) is 0 Å². The van der Waals surface area contributed by atoms with Crippen LogP contribution in [0.2, 0.25) is 0 Å². The van der Waals surface area contributed by atoms with Crippen molar-refractivity contribution >= 4 is 46.1 Å². The smallest absolute Gasteiger partial charge is 0.358 e. The van der Waals surface area contributed by atoms with Crippen LogP contribution in [0.15, 0.2) is 77.3 Å². The average molecular weight is 620 g/mol. The van der Waals surface area contributed by atoms with Crippen LogP contribution in [-0.2, 0) is 11.2 Å². The van der Waals surface area contributed by atoms with E-state index < -0.39 is 47.8 Å². The lowest BCUT2D eigenvalue weighted by atomic mass is 9.96. The molecule has 46 heavy (non-hydrogen) atoms. The van der Waals surface area contributed by atoms with E-state index in [4.69, 9.17) is 10.2 Å². The summed E-state index contributed by atoms with van der Waals surface area (Å²) in [5, 5.41) is 13.4. The van der Waals surface area contributed by atoms with Gasteiger partial charge in [0.05, 0.1) is 24.1 Å². The number of carboxylic acid groups (broad SMARTS) is 1. The van der Waals surface area contributed by atoms with Gasteiger partial charge in [-0.15, -0.1) is 0 Å². The number of hydrogen-bond acceptors (Lipinski definition) is 8. The molecule has 0 fully saturated rings. The van der Waals surface area contributed by atoms with E-state index in [1.807, 2.05) is 18.2 Å². The number of anilines is 1. The highest BCUT2D eigenvalue weighted by Gasteiger charge is 2.44. The number of carboxylic acids is 1. The van der Waals surface area contributed by atoms with Crippen molar-refractivity contribution < 1.29 is 33.5 Å². The Hall–Kier alpha value is -5.88. The number of ketones is 1. The molecule has 232 valence electrons. The number of nitrogens with zero attached hydrogens (tertiary/aromatic N) is 2. The zero-order valence-corrected chi connectivity index (χ0v) is 24.9. The first-order valence-corrected chi connectivity index (χ1v) is 14.5. The minimum absolute atomic E-state index is 0.165. The summed E-state index contributed by atoms with van der Waals surface area (Å²) in [7, 11) is 0. The first kappa shape index (κ1) is 30.2. The molecule has 3 aromatic carbocycles. The van der Waals surface area contributed by atoms with Crippen molar-refractivity contribution in [2.75, 3.05) is 11.9 Å². The lowest BCUT2D eigenvalue weighted by Crippen LogP contribution is -2.37. The fourth-order valence-electron chi connectivity index (χ4n) is 5.84. The first-order chi connectivity index (χ1) is 22.1. The predicted octanol–water partition coefficient (Wildman–Crippen LogP) is 4.84. The van der Waals surface area contributed by atoms with Gasteiger partial charge in [-0.3, -0.25) is 24.1 Å². The SMILES string of the molecule is CC(C)[C@@H](c1nc(C(=O)O)c(CC(=O)Nc2ccccc2-c2cccc3[nH]cc(C(=O)CN)c23)o1)N1C(=O)c2ccccc2C1=O. The van der Waals surface area contributed by atoms with Gasteiger partial charge in [-0.1, -0.05) is 56.3 Å². The van der Waals surface area contributed by atoms with Gasteiger partial charge >= 0.3 is 5.97 Å². The van der Waals surface area contributed by atoms with E-state index in [1.165, 1.54) is 0 Å². The van der Waals surface area contributed by atoms with Gasteiger partial charge in [0.1, 0.15) is 11.8 Å². The Morgan fingerprint density at radius 3 is 2.20 bits per heavy atom. The van der Waals surface area contributed by atoms with Crippen LogP contribution in [0.3, 0.4) is 0 Å². The van der Waals surface area contributed by atoms with Crippen molar-refractivity contribution in [2.45, 2.75) is 26.3 Å². The number of benzene rings is 3. The number of imide groups is 1. The number of carbonyl (C=O) groups excluding carboxylic acids is 4. The highest BCUT2D eigenvalue weighted by molar-refractivity contribution is 6.21. The molecule has 12 heteroatoms. The quantitative estimate of drug-likeness (QED) is 0.125. The molecule has 5 aromatic rings. The third kappa shape index (κ3) is 5.14. The fourth-order valence-corrected chi connectivity index (χ4v) is 5.84. The normalized spacial score (nSPS) is 13.3. The number of nitrogens with one attached hydrogen (secondary N) is 2. The van der Waals surface area contributed by atoms with Gasteiger partial charge in [0.25, 0.3) is 11.8 Å². The summed E-state index contributed by atoms with van der Waals surface area (Å²) in [5.74, 6) is -4.16. The minimum atomic E-state index is -1.43. The van der Waals surface area contributed by atoms with E-state index in [0.717, 1.165) is 4.90 Å². The molecule has 0 radical (unpaired) electrons. The largest absolute Gasteiger partial charge is 0.476 e. The number of fused-ring (bicyclic) bond motifs is 2. The van der Waals surface area contributed by atoms with E-state index in [-0.39, 0.29) is 35.1 Å². The number of aromatic carboxylic acids is 1. The lowest BCUT2D eigenvalue weighted by molar-refractivity contribution is -0.115. The Bertz CT molecular complexity index is 2020. The molecule has 3 heterocycles. The third-order valence-electron chi connectivity index (χ3n) is 7.91. The number of aromatic amines is 1. The number of aromatic nitrogens is 2. The van der Waals surface area contributed by atoms with Gasteiger partial charge in [0.2, 0.25) is 11.8 Å². The maximum atomic E-state index is 13.4. The van der Waals surface area contributed by atoms with Gasteiger partial charge in [-0.05, 0) is 35.7 Å². The maximum absolute atomic E-state index is 13.4. The number of carbonyl (C=O) groups is 5. The molecule has 0 unspecified atom stereocenters. The molecule has 0 bridgehead atoms. The molecule has 5 N–H and O–H groups in total. The summed E-state index contributed by atoms with van der Waals surface area (Å²) in [6, 6.07) is 17.8. The molecule has 12 nitrogen and oxygen atoms in total. The van der Waals surface area contributed by atoms with E-state index in [0.29, 0.717) is 33.3 Å². The summed E-state index contributed by atoms with van der Waals surface area (Å²) in [4.78, 5) is 73.0. The average Bonchev–Trinajstić information content (AvgIpc) is 3.73. The van der Waals surface area contributed by atoms with Crippen molar-refractivity contribution in [1.29, 1.82) is 0 Å². The molecule has 0 saturated heterocycles. The third-order valence-corrected chi connectivity index (χ3v) is 7.91. The number of Topliss-reactive ketones (excluding diaryl/α,β-unsaturated/α-hetero) is 1. The second-order valence-corrected chi connectivity index (χ2v) is 11.2. The number of para-hydroxylation sites is 1. The Labute approximate surface area is 262 Å². The molecule has 0 saturated carbocycles. The van der Waals surface area contributed by atoms with Gasteiger partial charge in [-0.2, -0.15) is 0 Å². The molecular formula is C34H29N5O7. The van der Waals surface area contributed by atoms with Gasteiger partial charge < -0.3 is 25.6 Å². The number of hydrogen-bond donors (Lipinski definition) is 4. The highest BCUT2D eigenvalue weighted by atomic mass is 16.4. The van der Waals surface area contributed by atoms with Crippen molar-refractivity contribution in [3.05, 3.63) is 107 Å². The summed E-state index contributed by atoms with van der Waals surface area (Å²) in [6.45, 7) is 3.33. The van der Waals surface area contributed by atoms with E-state index in [2.05, 4.69) is 15.3 Å². The van der Waals surface area contributed by atoms with Crippen LogP contribution in [0, 0.1) is 5.92 Å². The Kier molecular flexibility index (Phi) is 7.80. The summed E-state index contributed by atoms with van der Waals surface area (Å²) >= 11 is 0. The maximum Gasteiger partial charge on any atom is 0.358 e. The number of oxazole rings is 1. The van der Waals surface area contributed by atoms with Crippen molar-refractivity contribution in [1.82, 2.24) is 14.9 Å². The first-order valence-electron chi connectivity index (χ1n) is 14.5. The molecule has 6 rings (SSSR count). The molecule has 3 amide bonds. The van der Waals surface area contributed by atoms with Crippen LogP contribution in [0.25, 0.3) is 22.0 Å². The minimum Gasteiger partial charge on any atom is -0.476 e. The molecule has 1 aliphatic heterocycles. The van der Waals surface area contributed by atoms with Crippen molar-refractivity contribution in [3.8, 4) is 11.1 Å². The van der Waals surface area contributed by atoms with E-state index in [1.54, 1.807) is 68.6 Å². The predicted molar refractivity (Wildman–Crippen MR) is 167 cm³/mol. The number of H-pyrrole nitrogens is 1. The van der Waals surface area contributed by atoms with Crippen LogP contribution in [0.5, 0.6) is 0 Å². The zero-order chi connectivity index (χ0) is 32.7. The van der Waals surface area contributed by atoms with Crippen molar-refractivity contribution in [2.24, 2.45) is 11.7 Å². The number of amides is 3. The van der Waals surface area contributed by atoms with Crippen LogP contribution < -0.4 is 11.1 Å². The Morgan fingerprint density at radius 2 is 1.57 bits per heavy atom. The van der Waals surface area contributed by atoms with Crippen LogP contribution in [0.4, 0.5) is 5.69 Å². The standard InChI is InChI=1S/C34H29N5O7/c1-17(2)30(39-32(42)20-9-3-4-10-21(20)33(39)43)31-38-29(34(44)45)26(46-31)14-27(41)37-23-12-6-5-8-18(23)19-11-7-13-24-28(19)22(16-36-24)25(40)15-35/h3-13,16-17,30,36H,14-15,35H2,1-2H3,(H,37,41)(H,44,45)/t30-/m0/s1. The highest BCUT2D eigenvalue weighted by Crippen LogP contribution is 2.38. The van der Waals surface area contributed by atoms with E-state index in [9.17, 15) is 29.1 Å². The zero-order valence-electron chi connectivity index (χ0n) is 24.9. The number of rotatable bonds is 10. The Balaban J connectivity index is 1.31. The van der Waals surface area contributed by atoms with Crippen LogP contribution in [0.1, 0.15) is 73.1 Å². The fraction of sp³-hybridized carbons (Fsp3) is 0.176. The summed E-state index contributed by atoms with van der Waals surface area (Å²) < 4.78 is 5.88. The van der Waals surface area contributed by atoms with Gasteiger partial charge in [0, 0.05) is 33.9 Å². The molecule has 1 atom stereocenters. The summed E-state index contributed by atoms with van der Waals surface area (Å²) in [6.07, 6.45) is 1.10.